The Labute approximate surface area is 163 Å². The van der Waals surface area contributed by atoms with Crippen LogP contribution in [0.25, 0.3) is 0 Å². The van der Waals surface area contributed by atoms with E-state index in [1.165, 1.54) is 18.2 Å². The zero-order valence-corrected chi connectivity index (χ0v) is 16.0. The molecule has 0 aliphatic heterocycles. The van der Waals surface area contributed by atoms with Crippen molar-refractivity contribution in [1.82, 2.24) is 0 Å². The van der Waals surface area contributed by atoms with Crippen molar-refractivity contribution in [2.24, 2.45) is 0 Å². The third kappa shape index (κ3) is 3.63. The number of alkyl halides is 2. The molecule has 7 heteroatoms. The Morgan fingerprint density at radius 3 is 2.50 bits per heavy atom. The SMILES string of the molecule is O=C(OC[C@@]1(CO)CCC(F)(F)c2cc(Cl)ccc21)c1ccc(Br)cc1. The number of hydrogen-bond donors (Lipinski definition) is 1. The molecule has 0 bridgehead atoms. The predicted molar refractivity (Wildman–Crippen MR) is 97.8 cm³/mol. The molecule has 1 atom stereocenters. The van der Waals surface area contributed by atoms with E-state index in [2.05, 4.69) is 15.9 Å². The van der Waals surface area contributed by atoms with Gasteiger partial charge >= 0.3 is 5.97 Å². The summed E-state index contributed by atoms with van der Waals surface area (Å²) in [6, 6.07) is 10.8. The van der Waals surface area contributed by atoms with E-state index in [4.69, 9.17) is 16.3 Å². The fourth-order valence-electron chi connectivity index (χ4n) is 3.18. The van der Waals surface area contributed by atoms with E-state index in [9.17, 15) is 18.7 Å². The van der Waals surface area contributed by atoms with Crippen molar-refractivity contribution in [3.05, 3.63) is 68.7 Å². The largest absolute Gasteiger partial charge is 0.461 e. The molecule has 1 aliphatic rings. The smallest absolute Gasteiger partial charge is 0.338 e. The molecule has 0 saturated carbocycles. The number of ether oxygens (including phenoxy) is 1. The Balaban J connectivity index is 1.88. The van der Waals surface area contributed by atoms with E-state index in [1.807, 2.05) is 0 Å². The maximum absolute atomic E-state index is 14.3. The van der Waals surface area contributed by atoms with Crippen LogP contribution in [0.2, 0.25) is 5.02 Å². The minimum absolute atomic E-state index is 0.00124. The number of carbonyl (C=O) groups is 1. The zero-order valence-electron chi connectivity index (χ0n) is 13.6. The number of aliphatic hydroxyl groups is 1. The van der Waals surface area contributed by atoms with Gasteiger partial charge in [0.2, 0.25) is 0 Å². The normalized spacial score (nSPS) is 21.1. The minimum Gasteiger partial charge on any atom is -0.461 e. The van der Waals surface area contributed by atoms with Crippen LogP contribution >= 0.6 is 27.5 Å². The Kier molecular flexibility index (Phi) is 5.37. The number of fused-ring (bicyclic) bond motifs is 1. The molecule has 0 saturated heterocycles. The third-order valence-electron chi connectivity index (χ3n) is 4.73. The summed E-state index contributed by atoms with van der Waals surface area (Å²) in [6.07, 6.45) is -0.449. The lowest BCUT2D eigenvalue weighted by atomic mass is 9.69. The van der Waals surface area contributed by atoms with Gasteiger partial charge in [-0.3, -0.25) is 0 Å². The fraction of sp³-hybridized carbons (Fsp3) is 0.316. The van der Waals surface area contributed by atoms with E-state index in [1.54, 1.807) is 24.3 Å². The van der Waals surface area contributed by atoms with Crippen molar-refractivity contribution in [3.8, 4) is 0 Å². The van der Waals surface area contributed by atoms with Crippen LogP contribution in [-0.4, -0.2) is 24.3 Å². The number of esters is 1. The second kappa shape index (κ2) is 7.25. The first-order valence-electron chi connectivity index (χ1n) is 7.99. The number of halogens is 4. The Morgan fingerprint density at radius 1 is 1.15 bits per heavy atom. The van der Waals surface area contributed by atoms with Gasteiger partial charge in [-0.15, -0.1) is 0 Å². The molecule has 0 heterocycles. The maximum Gasteiger partial charge on any atom is 0.338 e. The molecule has 26 heavy (non-hydrogen) atoms. The molecule has 1 aliphatic carbocycles. The van der Waals surface area contributed by atoms with E-state index >= 15 is 0 Å². The summed E-state index contributed by atoms with van der Waals surface area (Å²) in [5, 5.41) is 10.2. The lowest BCUT2D eigenvalue weighted by Crippen LogP contribution is -2.43. The number of carbonyl (C=O) groups excluding carboxylic acids is 1. The Hall–Kier alpha value is -1.50. The summed E-state index contributed by atoms with van der Waals surface area (Å²) < 4.78 is 34.8. The van der Waals surface area contributed by atoms with Crippen LogP contribution in [-0.2, 0) is 16.1 Å². The van der Waals surface area contributed by atoms with Gasteiger partial charge in [0, 0.05) is 21.5 Å². The molecule has 1 N–H and O–H groups in total. The third-order valence-corrected chi connectivity index (χ3v) is 5.49. The van der Waals surface area contributed by atoms with Gasteiger partial charge in [-0.1, -0.05) is 33.6 Å². The van der Waals surface area contributed by atoms with Gasteiger partial charge in [0.05, 0.1) is 17.6 Å². The van der Waals surface area contributed by atoms with Gasteiger partial charge < -0.3 is 9.84 Å². The van der Waals surface area contributed by atoms with Gasteiger partial charge in [0.1, 0.15) is 6.61 Å². The van der Waals surface area contributed by atoms with Gasteiger partial charge in [0.15, 0.2) is 0 Å². The Bertz CT molecular complexity index is 826. The minimum atomic E-state index is -3.03. The number of aliphatic hydroxyl groups excluding tert-OH is 1. The maximum atomic E-state index is 14.3. The van der Waals surface area contributed by atoms with Crippen molar-refractivity contribution in [2.45, 2.75) is 24.2 Å². The van der Waals surface area contributed by atoms with Gasteiger partial charge in [-0.05, 0) is 48.4 Å². The highest BCUT2D eigenvalue weighted by atomic mass is 79.9. The summed E-state index contributed by atoms with van der Waals surface area (Å²) in [6.45, 7) is -0.603. The molecule has 3 rings (SSSR count). The molecular weight excluding hydrogens is 430 g/mol. The van der Waals surface area contributed by atoms with Crippen LogP contribution in [0.3, 0.4) is 0 Å². The summed E-state index contributed by atoms with van der Waals surface area (Å²) in [7, 11) is 0. The average Bonchev–Trinajstić information content (AvgIpc) is 2.62. The monoisotopic (exact) mass is 444 g/mol. The highest BCUT2D eigenvalue weighted by molar-refractivity contribution is 9.10. The fourth-order valence-corrected chi connectivity index (χ4v) is 3.62. The first kappa shape index (κ1) is 19.3. The lowest BCUT2D eigenvalue weighted by molar-refractivity contribution is -0.0468. The van der Waals surface area contributed by atoms with E-state index < -0.39 is 30.3 Å². The van der Waals surface area contributed by atoms with Crippen LogP contribution in [0.4, 0.5) is 8.78 Å². The molecular formula is C19H16BrClF2O3. The topological polar surface area (TPSA) is 46.5 Å². The number of hydrogen-bond acceptors (Lipinski definition) is 3. The molecule has 0 radical (unpaired) electrons. The Morgan fingerprint density at radius 2 is 1.85 bits per heavy atom. The van der Waals surface area contributed by atoms with Crippen molar-refractivity contribution in [2.75, 3.05) is 13.2 Å². The molecule has 0 aromatic heterocycles. The molecule has 0 unspecified atom stereocenters. The van der Waals surface area contributed by atoms with Crippen molar-refractivity contribution >= 4 is 33.5 Å². The number of rotatable bonds is 4. The molecule has 3 nitrogen and oxygen atoms in total. The van der Waals surface area contributed by atoms with E-state index in [0.717, 1.165) is 4.47 Å². The van der Waals surface area contributed by atoms with Gasteiger partial charge in [-0.2, -0.15) is 0 Å². The second-order valence-electron chi connectivity index (χ2n) is 6.42. The highest BCUT2D eigenvalue weighted by Gasteiger charge is 2.48. The number of benzene rings is 2. The van der Waals surface area contributed by atoms with Gasteiger partial charge in [0.25, 0.3) is 5.92 Å². The summed E-state index contributed by atoms with van der Waals surface area (Å²) in [5.41, 5.74) is -0.680. The van der Waals surface area contributed by atoms with Crippen LogP contribution in [0.5, 0.6) is 0 Å². The predicted octanol–water partition coefficient (Wildman–Crippen LogP) is 5.08. The second-order valence-corrected chi connectivity index (χ2v) is 7.77. The van der Waals surface area contributed by atoms with Crippen LogP contribution in [0, 0.1) is 0 Å². The van der Waals surface area contributed by atoms with Crippen LogP contribution in [0.15, 0.2) is 46.9 Å². The van der Waals surface area contributed by atoms with Crippen molar-refractivity contribution in [1.29, 1.82) is 0 Å². The summed E-state index contributed by atoms with van der Waals surface area (Å²) in [5.74, 6) is -3.60. The first-order chi connectivity index (χ1) is 12.3. The highest BCUT2D eigenvalue weighted by Crippen LogP contribution is 2.48. The average molecular weight is 446 g/mol. The first-order valence-corrected chi connectivity index (χ1v) is 9.16. The summed E-state index contributed by atoms with van der Waals surface area (Å²) >= 11 is 9.16. The molecule has 0 spiro atoms. The standard InChI is InChI=1S/C19H16BrClF2O3/c20-13-3-1-12(2-4-13)17(25)26-11-18(10-24)7-8-19(22,23)16-9-14(21)5-6-15(16)18/h1-6,9,24H,7-8,10-11H2/t18-/m0/s1. The van der Waals surface area contributed by atoms with Crippen molar-refractivity contribution in [3.63, 3.8) is 0 Å². The molecule has 138 valence electrons. The molecule has 2 aromatic rings. The quantitative estimate of drug-likeness (QED) is 0.668. The molecule has 2 aromatic carbocycles. The molecule has 0 fully saturated rings. The van der Waals surface area contributed by atoms with E-state index in [0.29, 0.717) is 5.56 Å². The molecule has 0 amide bonds. The van der Waals surface area contributed by atoms with Crippen LogP contribution < -0.4 is 0 Å². The van der Waals surface area contributed by atoms with Gasteiger partial charge in [-0.25, -0.2) is 13.6 Å². The lowest BCUT2D eigenvalue weighted by Gasteiger charge is -2.40. The zero-order chi connectivity index (χ0) is 18.9. The summed E-state index contributed by atoms with van der Waals surface area (Å²) in [4.78, 5) is 12.3. The van der Waals surface area contributed by atoms with Crippen LogP contribution in [0.1, 0.15) is 34.3 Å². The van der Waals surface area contributed by atoms with Crippen molar-refractivity contribution < 1.29 is 23.4 Å². The van der Waals surface area contributed by atoms with E-state index in [-0.39, 0.29) is 29.2 Å².